The van der Waals surface area contributed by atoms with Crippen LogP contribution in [0.15, 0.2) is 133 Å². The molecule has 2 aromatic heterocycles. The highest BCUT2D eigenvalue weighted by Gasteiger charge is 2.25. The number of hydrogen-bond acceptors (Lipinski definition) is 2. The molecule has 0 aliphatic heterocycles. The maximum absolute atomic E-state index is 5.39. The molecule has 0 spiro atoms. The topological polar surface area (TPSA) is 17.8 Å². The molecule has 224 valence electrons. The standard InChI is InChI=1S/C43H36N2S/c1-27(2)35-24-32(29-13-6-5-7-14-29)25-36(28(3)4)42(35)45-40-20-11-10-19-39(40)44-43(45)38-26-46-41-22-21-31(23-37(38)41)34-18-12-16-30-15-8-9-17-33(30)34/h5-28H,1-4H3. The highest BCUT2D eigenvalue weighted by atomic mass is 32.1. The van der Waals surface area contributed by atoms with E-state index >= 15 is 0 Å². The van der Waals surface area contributed by atoms with Crippen LogP contribution in [-0.2, 0) is 0 Å². The summed E-state index contributed by atoms with van der Waals surface area (Å²) in [6.07, 6.45) is 0. The first-order valence-corrected chi connectivity index (χ1v) is 17.1. The summed E-state index contributed by atoms with van der Waals surface area (Å²) in [5.74, 6) is 1.64. The lowest BCUT2D eigenvalue weighted by atomic mass is 9.88. The molecule has 8 aromatic rings. The third-order valence-corrected chi connectivity index (χ3v) is 10.2. The summed E-state index contributed by atoms with van der Waals surface area (Å²) in [6, 6.07) is 46.4. The van der Waals surface area contributed by atoms with Crippen LogP contribution in [0.3, 0.4) is 0 Å². The number of aromatic nitrogens is 2. The van der Waals surface area contributed by atoms with Gasteiger partial charge in [-0.3, -0.25) is 4.57 Å². The second-order valence-corrected chi connectivity index (χ2v) is 13.7. The lowest BCUT2D eigenvalue weighted by Crippen LogP contribution is -2.09. The molecule has 2 heterocycles. The van der Waals surface area contributed by atoms with Gasteiger partial charge in [-0.25, -0.2) is 4.98 Å². The predicted octanol–water partition coefficient (Wildman–Crippen LogP) is 12.6. The Bertz CT molecular complexity index is 2340. The van der Waals surface area contributed by atoms with Gasteiger partial charge in [0.2, 0.25) is 0 Å². The molecular formula is C43H36N2S. The molecule has 0 amide bonds. The molecule has 0 bridgehead atoms. The molecule has 0 saturated heterocycles. The van der Waals surface area contributed by atoms with Crippen molar-refractivity contribution in [2.75, 3.05) is 0 Å². The molecule has 0 fully saturated rings. The number of benzene rings is 6. The molecule has 0 aliphatic carbocycles. The Morgan fingerprint density at radius 3 is 2.04 bits per heavy atom. The number of nitrogens with zero attached hydrogens (tertiary/aromatic N) is 2. The summed E-state index contributed by atoms with van der Waals surface area (Å²) < 4.78 is 3.73. The van der Waals surface area contributed by atoms with E-state index in [9.17, 15) is 0 Å². The minimum absolute atomic E-state index is 0.322. The summed E-state index contributed by atoms with van der Waals surface area (Å²) in [6.45, 7) is 9.25. The van der Waals surface area contributed by atoms with E-state index in [1.54, 1.807) is 11.3 Å². The minimum Gasteiger partial charge on any atom is -0.292 e. The Balaban J connectivity index is 1.41. The zero-order chi connectivity index (χ0) is 31.4. The van der Waals surface area contributed by atoms with Crippen LogP contribution in [0.25, 0.3) is 71.2 Å². The van der Waals surface area contributed by atoms with Gasteiger partial charge in [-0.2, -0.15) is 0 Å². The van der Waals surface area contributed by atoms with Gasteiger partial charge in [0.25, 0.3) is 0 Å². The second-order valence-electron chi connectivity index (χ2n) is 12.8. The average molecular weight is 613 g/mol. The Labute approximate surface area is 274 Å². The van der Waals surface area contributed by atoms with Crippen LogP contribution in [0.2, 0.25) is 0 Å². The molecule has 0 saturated carbocycles. The van der Waals surface area contributed by atoms with Crippen LogP contribution in [0.4, 0.5) is 0 Å². The molecular weight excluding hydrogens is 577 g/mol. The lowest BCUT2D eigenvalue weighted by Gasteiger charge is -2.24. The molecule has 0 N–H and O–H groups in total. The smallest absolute Gasteiger partial charge is 0.147 e. The Morgan fingerprint density at radius 1 is 0.565 bits per heavy atom. The van der Waals surface area contributed by atoms with Crippen molar-refractivity contribution in [3.8, 4) is 39.3 Å². The van der Waals surface area contributed by atoms with Gasteiger partial charge < -0.3 is 0 Å². The number of imidazole rings is 1. The zero-order valence-electron chi connectivity index (χ0n) is 26.7. The average Bonchev–Trinajstić information content (AvgIpc) is 3.68. The van der Waals surface area contributed by atoms with E-state index in [0.29, 0.717) is 11.8 Å². The highest BCUT2D eigenvalue weighted by molar-refractivity contribution is 7.17. The minimum atomic E-state index is 0.322. The van der Waals surface area contributed by atoms with Gasteiger partial charge in [-0.05, 0) is 92.4 Å². The second kappa shape index (κ2) is 11.4. The van der Waals surface area contributed by atoms with Crippen molar-refractivity contribution in [2.24, 2.45) is 0 Å². The summed E-state index contributed by atoms with van der Waals surface area (Å²) >= 11 is 1.80. The summed E-state index contributed by atoms with van der Waals surface area (Å²) in [4.78, 5) is 5.39. The van der Waals surface area contributed by atoms with Gasteiger partial charge in [-0.15, -0.1) is 11.3 Å². The van der Waals surface area contributed by atoms with Gasteiger partial charge in [0.05, 0.1) is 16.7 Å². The van der Waals surface area contributed by atoms with E-state index in [4.69, 9.17) is 4.98 Å². The third kappa shape index (κ3) is 4.74. The number of para-hydroxylation sites is 2. The van der Waals surface area contributed by atoms with Gasteiger partial charge >= 0.3 is 0 Å². The molecule has 6 aromatic carbocycles. The summed E-state index contributed by atoms with van der Waals surface area (Å²) in [5.41, 5.74) is 12.3. The van der Waals surface area contributed by atoms with Gasteiger partial charge in [-0.1, -0.05) is 119 Å². The van der Waals surface area contributed by atoms with Crippen LogP contribution >= 0.6 is 11.3 Å². The van der Waals surface area contributed by atoms with E-state index in [1.165, 1.54) is 65.5 Å². The first kappa shape index (κ1) is 28.5. The van der Waals surface area contributed by atoms with Crippen LogP contribution in [0, 0.1) is 0 Å². The number of hydrogen-bond donors (Lipinski definition) is 0. The van der Waals surface area contributed by atoms with Crippen molar-refractivity contribution in [1.29, 1.82) is 0 Å². The number of thiophene rings is 1. The molecule has 0 radical (unpaired) electrons. The monoisotopic (exact) mass is 612 g/mol. The number of fused-ring (bicyclic) bond motifs is 3. The Morgan fingerprint density at radius 2 is 1.26 bits per heavy atom. The van der Waals surface area contributed by atoms with Crippen molar-refractivity contribution in [3.63, 3.8) is 0 Å². The zero-order valence-corrected chi connectivity index (χ0v) is 27.5. The Hall–Kier alpha value is -4.99. The molecule has 46 heavy (non-hydrogen) atoms. The first-order valence-electron chi connectivity index (χ1n) is 16.2. The van der Waals surface area contributed by atoms with Gasteiger partial charge in [0, 0.05) is 21.0 Å². The quantitative estimate of drug-likeness (QED) is 0.183. The largest absolute Gasteiger partial charge is 0.292 e. The predicted molar refractivity (Wildman–Crippen MR) is 198 cm³/mol. The lowest BCUT2D eigenvalue weighted by molar-refractivity contribution is 0.812. The van der Waals surface area contributed by atoms with Crippen LogP contribution in [0.5, 0.6) is 0 Å². The van der Waals surface area contributed by atoms with Crippen molar-refractivity contribution in [1.82, 2.24) is 9.55 Å². The van der Waals surface area contributed by atoms with E-state index in [-0.39, 0.29) is 0 Å². The normalized spacial score (nSPS) is 11.9. The van der Waals surface area contributed by atoms with E-state index < -0.39 is 0 Å². The molecule has 0 aliphatic rings. The highest BCUT2D eigenvalue weighted by Crippen LogP contribution is 2.43. The molecule has 3 heteroatoms. The van der Waals surface area contributed by atoms with Crippen molar-refractivity contribution in [2.45, 2.75) is 39.5 Å². The van der Waals surface area contributed by atoms with Gasteiger partial charge in [0.1, 0.15) is 5.82 Å². The van der Waals surface area contributed by atoms with Crippen molar-refractivity contribution < 1.29 is 0 Å². The maximum atomic E-state index is 5.39. The van der Waals surface area contributed by atoms with Crippen LogP contribution < -0.4 is 0 Å². The van der Waals surface area contributed by atoms with Gasteiger partial charge in [0.15, 0.2) is 0 Å². The third-order valence-electron chi connectivity index (χ3n) is 9.22. The van der Waals surface area contributed by atoms with E-state index in [1.807, 2.05) is 0 Å². The SMILES string of the molecule is CC(C)c1cc(-c2ccccc2)cc(C(C)C)c1-n1c(-c2csc3ccc(-c4cccc5ccccc45)cc23)nc2ccccc21. The molecule has 0 unspecified atom stereocenters. The molecule has 8 rings (SSSR count). The fraction of sp³-hybridized carbons (Fsp3) is 0.140. The first-order chi connectivity index (χ1) is 22.5. The van der Waals surface area contributed by atoms with Crippen LogP contribution in [-0.4, -0.2) is 9.55 Å². The summed E-state index contributed by atoms with van der Waals surface area (Å²) in [7, 11) is 0. The molecule has 0 atom stereocenters. The maximum Gasteiger partial charge on any atom is 0.147 e. The van der Waals surface area contributed by atoms with E-state index in [2.05, 4.69) is 165 Å². The Kier molecular flexibility index (Phi) is 7.07. The van der Waals surface area contributed by atoms with Crippen LogP contribution in [0.1, 0.15) is 50.7 Å². The number of rotatable bonds is 6. The molecule has 2 nitrogen and oxygen atoms in total. The fourth-order valence-electron chi connectivity index (χ4n) is 6.90. The van der Waals surface area contributed by atoms with Crippen molar-refractivity contribution in [3.05, 3.63) is 144 Å². The van der Waals surface area contributed by atoms with E-state index in [0.717, 1.165) is 16.9 Å². The van der Waals surface area contributed by atoms with Crippen molar-refractivity contribution >= 4 is 43.2 Å². The summed E-state index contributed by atoms with van der Waals surface area (Å²) in [5, 5.41) is 6.08. The fourth-order valence-corrected chi connectivity index (χ4v) is 7.82.